The predicted molar refractivity (Wildman–Crippen MR) is 122 cm³/mol. The highest BCUT2D eigenvalue weighted by atomic mass is 16.5. The molecule has 0 saturated heterocycles. The maximum absolute atomic E-state index is 13.0. The molecular weight excluding hydrogens is 404 g/mol. The van der Waals surface area contributed by atoms with Gasteiger partial charge in [0, 0.05) is 5.69 Å². The first-order chi connectivity index (χ1) is 15.5. The van der Waals surface area contributed by atoms with E-state index < -0.39 is 0 Å². The van der Waals surface area contributed by atoms with Gasteiger partial charge in [0.25, 0.3) is 11.5 Å². The van der Waals surface area contributed by atoms with Crippen molar-refractivity contribution in [3.05, 3.63) is 94.0 Å². The SMILES string of the molecule is Cc1cc(-n2c(C)nc3ccccc3c2=O)ccc1NC(=O)COc1ccc(C#N)cc1. The summed E-state index contributed by atoms with van der Waals surface area (Å²) in [7, 11) is 0. The molecule has 0 aliphatic heterocycles. The van der Waals surface area contributed by atoms with Crippen LogP contribution in [-0.2, 0) is 4.79 Å². The topological polar surface area (TPSA) is 97.0 Å². The molecule has 0 aliphatic rings. The number of hydrogen-bond acceptors (Lipinski definition) is 5. The molecule has 3 aromatic carbocycles. The molecular formula is C25H20N4O3. The van der Waals surface area contributed by atoms with Crippen molar-refractivity contribution in [2.24, 2.45) is 0 Å². The average Bonchev–Trinajstić information content (AvgIpc) is 2.80. The van der Waals surface area contributed by atoms with Gasteiger partial charge in [0.05, 0.1) is 28.2 Å². The van der Waals surface area contributed by atoms with E-state index in [4.69, 9.17) is 10.00 Å². The molecule has 4 aromatic rings. The van der Waals surface area contributed by atoms with Crippen LogP contribution in [0.5, 0.6) is 5.75 Å². The summed E-state index contributed by atoms with van der Waals surface area (Å²) in [5, 5.41) is 12.2. The third-order valence-corrected chi connectivity index (χ3v) is 5.04. The number of fused-ring (bicyclic) bond motifs is 1. The number of carbonyl (C=O) groups is 1. The van der Waals surface area contributed by atoms with Crippen molar-refractivity contribution >= 4 is 22.5 Å². The van der Waals surface area contributed by atoms with Gasteiger partial charge in [-0.1, -0.05) is 12.1 Å². The molecule has 0 spiro atoms. The van der Waals surface area contributed by atoms with Gasteiger partial charge in [0.1, 0.15) is 11.6 Å². The summed E-state index contributed by atoms with van der Waals surface area (Å²) in [5.74, 6) is 0.775. The Morgan fingerprint density at radius 1 is 1.09 bits per heavy atom. The lowest BCUT2D eigenvalue weighted by molar-refractivity contribution is -0.118. The van der Waals surface area contributed by atoms with Crippen LogP contribution in [0.4, 0.5) is 5.69 Å². The molecule has 1 heterocycles. The maximum atomic E-state index is 13.0. The molecule has 0 saturated carbocycles. The van der Waals surface area contributed by atoms with Crippen molar-refractivity contribution in [1.29, 1.82) is 5.26 Å². The normalized spacial score (nSPS) is 10.5. The highest BCUT2D eigenvalue weighted by molar-refractivity contribution is 5.92. The van der Waals surface area contributed by atoms with E-state index in [9.17, 15) is 9.59 Å². The maximum Gasteiger partial charge on any atom is 0.265 e. The predicted octanol–water partition coefficient (Wildman–Crippen LogP) is 3.89. The summed E-state index contributed by atoms with van der Waals surface area (Å²) < 4.78 is 7.03. The van der Waals surface area contributed by atoms with E-state index >= 15 is 0 Å². The standard InChI is InChI=1S/C25H20N4O3/c1-16-13-19(29-17(2)27-23-6-4-3-5-21(23)25(29)31)9-12-22(16)28-24(30)15-32-20-10-7-18(14-26)8-11-20/h3-13H,15H2,1-2H3,(H,28,30). The highest BCUT2D eigenvalue weighted by Crippen LogP contribution is 2.20. The van der Waals surface area contributed by atoms with Crippen LogP contribution >= 0.6 is 0 Å². The minimum Gasteiger partial charge on any atom is -0.484 e. The molecule has 0 unspecified atom stereocenters. The van der Waals surface area contributed by atoms with E-state index in [0.717, 1.165) is 5.56 Å². The monoisotopic (exact) mass is 424 g/mol. The van der Waals surface area contributed by atoms with Gasteiger partial charge in [-0.15, -0.1) is 0 Å². The number of para-hydroxylation sites is 1. The van der Waals surface area contributed by atoms with E-state index in [-0.39, 0.29) is 18.1 Å². The number of rotatable bonds is 5. The van der Waals surface area contributed by atoms with E-state index in [1.165, 1.54) is 0 Å². The number of amides is 1. The Labute approximate surface area is 184 Å². The van der Waals surface area contributed by atoms with Gasteiger partial charge in [0.2, 0.25) is 0 Å². The first-order valence-electron chi connectivity index (χ1n) is 9.98. The quantitative estimate of drug-likeness (QED) is 0.524. The first-order valence-corrected chi connectivity index (χ1v) is 9.98. The Kier molecular flexibility index (Phi) is 5.69. The molecule has 7 heteroatoms. The number of nitrogens with zero attached hydrogens (tertiary/aromatic N) is 3. The van der Waals surface area contributed by atoms with Crippen molar-refractivity contribution in [3.63, 3.8) is 0 Å². The Morgan fingerprint density at radius 3 is 2.56 bits per heavy atom. The molecule has 0 fully saturated rings. The van der Waals surface area contributed by atoms with Gasteiger partial charge >= 0.3 is 0 Å². The fourth-order valence-electron chi connectivity index (χ4n) is 3.44. The molecule has 0 radical (unpaired) electrons. The molecule has 32 heavy (non-hydrogen) atoms. The summed E-state index contributed by atoms with van der Waals surface area (Å²) >= 11 is 0. The van der Waals surface area contributed by atoms with E-state index in [0.29, 0.717) is 39.4 Å². The van der Waals surface area contributed by atoms with Crippen LogP contribution in [-0.4, -0.2) is 22.1 Å². The smallest absolute Gasteiger partial charge is 0.265 e. The number of nitrogens with one attached hydrogen (secondary N) is 1. The van der Waals surface area contributed by atoms with Gasteiger partial charge in [-0.05, 0) is 74.0 Å². The largest absolute Gasteiger partial charge is 0.484 e. The number of hydrogen-bond donors (Lipinski definition) is 1. The van der Waals surface area contributed by atoms with E-state index in [1.54, 1.807) is 54.0 Å². The van der Waals surface area contributed by atoms with Crippen LogP contribution in [0.1, 0.15) is 17.0 Å². The zero-order valence-corrected chi connectivity index (χ0v) is 17.6. The molecule has 4 rings (SSSR count). The van der Waals surface area contributed by atoms with Crippen molar-refractivity contribution in [2.75, 3.05) is 11.9 Å². The van der Waals surface area contributed by atoms with Crippen molar-refractivity contribution in [1.82, 2.24) is 9.55 Å². The van der Waals surface area contributed by atoms with Crippen LogP contribution in [0, 0.1) is 25.2 Å². The summed E-state index contributed by atoms with van der Waals surface area (Å²) in [6.07, 6.45) is 0. The second-order valence-electron chi connectivity index (χ2n) is 7.29. The summed E-state index contributed by atoms with van der Waals surface area (Å²) in [4.78, 5) is 29.9. The molecule has 158 valence electrons. The summed E-state index contributed by atoms with van der Waals surface area (Å²) in [6, 6.07) is 21.2. The first kappa shape index (κ1) is 20.8. The van der Waals surface area contributed by atoms with Crippen LogP contribution in [0.15, 0.2) is 71.5 Å². The average molecular weight is 424 g/mol. The van der Waals surface area contributed by atoms with Crippen LogP contribution < -0.4 is 15.6 Å². The lowest BCUT2D eigenvalue weighted by atomic mass is 10.1. The number of ether oxygens (including phenoxy) is 1. The van der Waals surface area contributed by atoms with Crippen LogP contribution in [0.3, 0.4) is 0 Å². The van der Waals surface area contributed by atoms with E-state index in [1.807, 2.05) is 37.3 Å². The van der Waals surface area contributed by atoms with Crippen LogP contribution in [0.25, 0.3) is 16.6 Å². The molecule has 0 aliphatic carbocycles. The summed E-state index contributed by atoms with van der Waals surface area (Å²) in [6.45, 7) is 3.48. The molecule has 1 amide bonds. The van der Waals surface area contributed by atoms with Crippen molar-refractivity contribution in [2.45, 2.75) is 13.8 Å². The van der Waals surface area contributed by atoms with Gasteiger partial charge in [-0.3, -0.25) is 14.2 Å². The van der Waals surface area contributed by atoms with Gasteiger partial charge in [-0.25, -0.2) is 4.98 Å². The zero-order chi connectivity index (χ0) is 22.7. The zero-order valence-electron chi connectivity index (χ0n) is 17.6. The lowest BCUT2D eigenvalue weighted by Gasteiger charge is -2.14. The minimum atomic E-state index is -0.314. The second-order valence-corrected chi connectivity index (χ2v) is 7.29. The summed E-state index contributed by atoms with van der Waals surface area (Å²) in [5.41, 5.74) is 3.15. The van der Waals surface area contributed by atoms with Crippen molar-refractivity contribution in [3.8, 4) is 17.5 Å². The molecule has 1 N–H and O–H groups in total. The van der Waals surface area contributed by atoms with Crippen molar-refractivity contribution < 1.29 is 9.53 Å². The molecule has 1 aromatic heterocycles. The molecule has 0 atom stereocenters. The highest BCUT2D eigenvalue weighted by Gasteiger charge is 2.12. The third kappa shape index (κ3) is 4.20. The fraction of sp³-hybridized carbons (Fsp3) is 0.120. The number of aromatic nitrogens is 2. The van der Waals surface area contributed by atoms with Gasteiger partial charge in [0.15, 0.2) is 6.61 Å². The minimum absolute atomic E-state index is 0.139. The Morgan fingerprint density at radius 2 is 1.84 bits per heavy atom. The number of carbonyl (C=O) groups excluding carboxylic acids is 1. The van der Waals surface area contributed by atoms with Gasteiger partial charge < -0.3 is 10.1 Å². The molecule has 0 bridgehead atoms. The number of benzene rings is 3. The Bertz CT molecular complexity index is 1420. The Hall–Kier alpha value is -4.44. The van der Waals surface area contributed by atoms with Gasteiger partial charge in [-0.2, -0.15) is 5.26 Å². The lowest BCUT2D eigenvalue weighted by Crippen LogP contribution is -2.23. The number of nitriles is 1. The second kappa shape index (κ2) is 8.74. The number of anilines is 1. The van der Waals surface area contributed by atoms with E-state index in [2.05, 4.69) is 10.3 Å². The Balaban J connectivity index is 1.51. The fourth-order valence-corrected chi connectivity index (χ4v) is 3.44. The van der Waals surface area contributed by atoms with Crippen LogP contribution in [0.2, 0.25) is 0 Å². The molecule has 7 nitrogen and oxygen atoms in total. The third-order valence-electron chi connectivity index (χ3n) is 5.04. The number of aryl methyl sites for hydroxylation is 2.